The van der Waals surface area contributed by atoms with Crippen LogP contribution in [0, 0.1) is 5.82 Å². The Kier molecular flexibility index (Phi) is 10.3. The number of benzene rings is 2. The Morgan fingerprint density at radius 1 is 0.961 bits per heavy atom. The van der Waals surface area contributed by atoms with Crippen LogP contribution in [0.4, 0.5) is 19.7 Å². The fraction of sp³-hybridized carbons (Fsp3) is 0.417. The van der Waals surface area contributed by atoms with Crippen molar-refractivity contribution in [1.82, 2.24) is 14.8 Å². The molecule has 0 radical (unpaired) electrons. The van der Waals surface area contributed by atoms with Crippen LogP contribution in [0.1, 0.15) is 69.2 Å². The van der Waals surface area contributed by atoms with Crippen molar-refractivity contribution in [3.8, 4) is 5.75 Å². The number of carbonyl (C=O) groups excluding carboxylic acids is 3. The van der Waals surface area contributed by atoms with Crippen LogP contribution < -0.4 is 10.1 Å². The van der Waals surface area contributed by atoms with E-state index in [1.807, 2.05) is 35.2 Å². The molecule has 1 aromatic heterocycles. The molecule has 1 fully saturated rings. The number of nitrogens with one attached hydrogen (secondary N) is 1. The summed E-state index contributed by atoms with van der Waals surface area (Å²) in [5.41, 5.74) is -1.24. The maximum Gasteiger partial charge on any atom is 0.425 e. The molecule has 272 valence electrons. The summed E-state index contributed by atoms with van der Waals surface area (Å²) in [7, 11) is -2.80. The largest absolute Gasteiger partial charge is 0.495 e. The second-order valence-corrected chi connectivity index (χ2v) is 16.8. The quantitative estimate of drug-likeness (QED) is 0.331. The number of methoxy groups -OCH3 is 1. The van der Waals surface area contributed by atoms with Gasteiger partial charge in [0.1, 0.15) is 34.3 Å². The number of rotatable bonds is 6. The highest BCUT2D eigenvalue weighted by Crippen LogP contribution is 2.42. The molecule has 1 saturated heterocycles. The average Bonchev–Trinajstić information content (AvgIpc) is 3.01. The van der Waals surface area contributed by atoms with Gasteiger partial charge in [-0.25, -0.2) is 27.4 Å². The summed E-state index contributed by atoms with van der Waals surface area (Å²) in [4.78, 5) is 51.8. The number of halogens is 1. The summed E-state index contributed by atoms with van der Waals surface area (Å²) in [6.45, 7) is 9.75. The van der Waals surface area contributed by atoms with Crippen LogP contribution in [0.25, 0.3) is 0 Å². The maximum atomic E-state index is 15.6. The molecule has 5 rings (SSSR count). The van der Waals surface area contributed by atoms with Crippen LogP contribution in [-0.2, 0) is 25.9 Å². The van der Waals surface area contributed by atoms with Gasteiger partial charge in [0.25, 0.3) is 5.91 Å². The molecule has 15 heteroatoms. The third-order valence-electron chi connectivity index (χ3n) is 8.05. The molecule has 0 aliphatic carbocycles. The molecule has 2 aliphatic rings. The van der Waals surface area contributed by atoms with Gasteiger partial charge in [-0.1, -0.05) is 30.3 Å². The minimum atomic E-state index is -4.27. The first-order valence-electron chi connectivity index (χ1n) is 16.2. The SMILES string of the molecule is COc1ccc(C(=O)Nc2ccc(F)c(C3CS(=O)(=O)C4(CN(Cc5ccccc5)C4)C(N(C(=O)OC(C)(C)C)C(=O)OC(C)(C)C)=N3)c2)nc1. The maximum absolute atomic E-state index is 15.6. The predicted molar refractivity (Wildman–Crippen MR) is 188 cm³/mol. The molecule has 3 aromatic rings. The zero-order valence-corrected chi connectivity index (χ0v) is 30.4. The third kappa shape index (κ3) is 8.37. The zero-order valence-electron chi connectivity index (χ0n) is 29.6. The van der Waals surface area contributed by atoms with Crippen LogP contribution in [0.2, 0.25) is 0 Å². The van der Waals surface area contributed by atoms with Crippen molar-refractivity contribution in [2.75, 3.05) is 31.3 Å². The fourth-order valence-electron chi connectivity index (χ4n) is 5.77. The summed E-state index contributed by atoms with van der Waals surface area (Å²) >= 11 is 0. The number of amides is 3. The molecule has 51 heavy (non-hydrogen) atoms. The molecular formula is C36H42FN5O8S. The monoisotopic (exact) mass is 723 g/mol. The average molecular weight is 724 g/mol. The summed E-state index contributed by atoms with van der Waals surface area (Å²) in [6.07, 6.45) is -1.02. The predicted octanol–water partition coefficient (Wildman–Crippen LogP) is 5.78. The number of aliphatic imine (C=N–C) groups is 1. The molecule has 0 bridgehead atoms. The number of carbonyl (C=O) groups is 3. The molecule has 3 heterocycles. The topological polar surface area (TPSA) is 157 Å². The van der Waals surface area contributed by atoms with Crippen LogP contribution in [0.15, 0.2) is 71.9 Å². The first kappa shape index (κ1) is 37.4. The second kappa shape index (κ2) is 14.0. The van der Waals surface area contributed by atoms with Gasteiger partial charge in [-0.2, -0.15) is 4.90 Å². The molecule has 13 nitrogen and oxygen atoms in total. The number of anilines is 1. The van der Waals surface area contributed by atoms with E-state index in [1.165, 1.54) is 31.5 Å². The molecule has 1 spiro atoms. The Labute approximate surface area is 296 Å². The van der Waals surface area contributed by atoms with Gasteiger partial charge >= 0.3 is 12.2 Å². The van der Waals surface area contributed by atoms with Crippen molar-refractivity contribution >= 4 is 39.5 Å². The van der Waals surface area contributed by atoms with Gasteiger partial charge in [0.05, 0.1) is 25.1 Å². The Bertz CT molecular complexity index is 1910. The summed E-state index contributed by atoms with van der Waals surface area (Å²) < 4.78 is 59.0. The van der Waals surface area contributed by atoms with E-state index in [2.05, 4.69) is 15.3 Å². The van der Waals surface area contributed by atoms with E-state index in [4.69, 9.17) is 14.2 Å². The van der Waals surface area contributed by atoms with Crippen LogP contribution in [0.3, 0.4) is 0 Å². The van der Waals surface area contributed by atoms with Gasteiger partial charge < -0.3 is 19.5 Å². The van der Waals surface area contributed by atoms with Crippen LogP contribution in [0.5, 0.6) is 5.75 Å². The molecular weight excluding hydrogens is 681 g/mol. The minimum absolute atomic E-state index is 0.0552. The lowest BCUT2D eigenvalue weighted by atomic mass is 9.94. The first-order valence-corrected chi connectivity index (χ1v) is 17.9. The number of nitrogens with zero attached hydrogens (tertiary/aromatic N) is 4. The third-order valence-corrected chi connectivity index (χ3v) is 10.4. The number of amidine groups is 1. The Morgan fingerprint density at radius 3 is 2.14 bits per heavy atom. The van der Waals surface area contributed by atoms with Crippen molar-refractivity contribution in [3.05, 3.63) is 89.5 Å². The van der Waals surface area contributed by atoms with Gasteiger partial charge in [0.2, 0.25) is 0 Å². The number of ether oxygens (including phenoxy) is 3. The van der Waals surface area contributed by atoms with Gasteiger partial charge in [0.15, 0.2) is 14.6 Å². The number of aromatic nitrogens is 1. The minimum Gasteiger partial charge on any atom is -0.495 e. The summed E-state index contributed by atoms with van der Waals surface area (Å²) in [5, 5.41) is 2.64. The van der Waals surface area contributed by atoms with Crippen LogP contribution >= 0.6 is 0 Å². The highest BCUT2D eigenvalue weighted by molar-refractivity contribution is 7.93. The number of likely N-dealkylation sites (tertiary alicyclic amines) is 1. The molecule has 1 atom stereocenters. The van der Waals surface area contributed by atoms with E-state index >= 15 is 4.39 Å². The van der Waals surface area contributed by atoms with Gasteiger partial charge in [-0.15, -0.1) is 0 Å². The van der Waals surface area contributed by atoms with Crippen LogP contribution in [-0.4, -0.2) is 89.0 Å². The van der Waals surface area contributed by atoms with Crippen molar-refractivity contribution in [2.24, 2.45) is 4.99 Å². The van der Waals surface area contributed by atoms with E-state index in [-0.39, 0.29) is 30.0 Å². The number of sulfone groups is 1. The van der Waals surface area contributed by atoms with E-state index < -0.39 is 67.3 Å². The van der Waals surface area contributed by atoms with Gasteiger partial charge in [-0.05, 0) is 77.4 Å². The Morgan fingerprint density at radius 2 is 1.59 bits per heavy atom. The van der Waals surface area contributed by atoms with Crippen molar-refractivity contribution in [1.29, 1.82) is 0 Å². The smallest absolute Gasteiger partial charge is 0.425 e. The first-order chi connectivity index (χ1) is 23.8. The summed E-state index contributed by atoms with van der Waals surface area (Å²) in [6, 6.07) is 14.6. The Balaban J connectivity index is 1.58. The van der Waals surface area contributed by atoms with E-state index in [1.54, 1.807) is 47.6 Å². The van der Waals surface area contributed by atoms with E-state index in [9.17, 15) is 22.8 Å². The van der Waals surface area contributed by atoms with Gasteiger partial charge in [-0.3, -0.25) is 14.7 Å². The number of imide groups is 1. The number of pyridine rings is 1. The highest BCUT2D eigenvalue weighted by atomic mass is 32.2. The lowest BCUT2D eigenvalue weighted by Crippen LogP contribution is -2.75. The number of hydrogen-bond donors (Lipinski definition) is 1. The molecule has 1 N–H and O–H groups in total. The van der Waals surface area contributed by atoms with E-state index in [0.717, 1.165) is 11.6 Å². The molecule has 0 saturated carbocycles. The van der Waals surface area contributed by atoms with Crippen molar-refractivity contribution in [2.45, 2.75) is 70.1 Å². The highest BCUT2D eigenvalue weighted by Gasteiger charge is 2.63. The molecule has 1 unspecified atom stereocenters. The standard InChI is InChI=1S/C36H42FN5O8S/c1-34(2,3)49-32(44)42(33(45)50-35(4,5)6)31-36(21-41(22-36)19-23-11-9-8-10-12-23)51(46,47)20-29(40-31)26-17-24(13-15-27(26)37)39-30(43)28-16-14-25(48-7)18-38-28/h8-18,29H,19-22H2,1-7H3,(H,39,43). The second-order valence-electron chi connectivity index (χ2n) is 14.4. The zero-order chi connectivity index (χ0) is 37.4. The van der Waals surface area contributed by atoms with Crippen molar-refractivity contribution in [3.63, 3.8) is 0 Å². The van der Waals surface area contributed by atoms with E-state index in [0.29, 0.717) is 17.2 Å². The Hall–Kier alpha value is -4.89. The molecule has 2 aliphatic heterocycles. The number of hydrogen-bond acceptors (Lipinski definition) is 11. The summed E-state index contributed by atoms with van der Waals surface area (Å²) in [5.74, 6) is -2.04. The lowest BCUT2D eigenvalue weighted by molar-refractivity contribution is 0.0123. The lowest BCUT2D eigenvalue weighted by Gasteiger charge is -2.52. The van der Waals surface area contributed by atoms with Crippen molar-refractivity contribution < 1.29 is 41.4 Å². The molecule has 3 amide bonds. The fourth-order valence-corrected chi connectivity index (χ4v) is 7.94. The normalized spacial score (nSPS) is 18.2. The molecule has 2 aromatic carbocycles. The van der Waals surface area contributed by atoms with Gasteiger partial charge in [0, 0.05) is 30.9 Å².